The summed E-state index contributed by atoms with van der Waals surface area (Å²) in [6, 6.07) is 0. The second kappa shape index (κ2) is 52.4. The van der Waals surface area contributed by atoms with Gasteiger partial charge in [0.25, 0.3) is 0 Å². The SMILES string of the molecule is CCCCCCCCCCCCCCCCC=COC(=O)CCC(=O)[O-].CCCCCCCCCCCCCCCCC=COC(=O)CCC(=O)[O-].[Na+].[Na+]. The molecule has 0 saturated heterocycles. The summed E-state index contributed by atoms with van der Waals surface area (Å²) in [5, 5.41) is 20.4. The molecule has 304 valence electrons. The van der Waals surface area contributed by atoms with Crippen molar-refractivity contribution in [3.63, 3.8) is 0 Å². The standard InChI is InChI=1S/2C22H40O4.2Na/c2*1-2-3-4-5-6-7-8-9-10-11-12-13-14-15-16-17-20-26-22(25)19-18-21(23)24;;/h2*17,20H,2-16,18-19H2,1H3,(H,23,24);;/q;;2*+1/p-2. The zero-order valence-electron chi connectivity index (χ0n) is 35.6. The number of carbonyl (C=O) groups is 4. The van der Waals surface area contributed by atoms with Gasteiger partial charge in [-0.2, -0.15) is 0 Å². The van der Waals surface area contributed by atoms with E-state index in [1.807, 2.05) is 12.2 Å². The van der Waals surface area contributed by atoms with Gasteiger partial charge in [0.2, 0.25) is 0 Å². The van der Waals surface area contributed by atoms with Crippen molar-refractivity contribution in [3.05, 3.63) is 24.7 Å². The minimum atomic E-state index is -1.23. The third-order valence-electron chi connectivity index (χ3n) is 9.11. The number of hydrogen-bond acceptors (Lipinski definition) is 8. The Bertz CT molecular complexity index is 809. The van der Waals surface area contributed by atoms with Gasteiger partial charge in [-0.05, 0) is 50.7 Å². The van der Waals surface area contributed by atoms with Crippen LogP contribution in [-0.4, -0.2) is 23.9 Å². The number of rotatable bonds is 38. The van der Waals surface area contributed by atoms with Crippen LogP contribution in [-0.2, 0) is 28.7 Å². The Morgan fingerprint density at radius 2 is 0.593 bits per heavy atom. The summed E-state index contributed by atoms with van der Waals surface area (Å²) in [5.74, 6) is -3.50. The molecule has 0 heterocycles. The fourth-order valence-electron chi connectivity index (χ4n) is 5.82. The van der Waals surface area contributed by atoms with Crippen LogP contribution in [0, 0.1) is 0 Å². The monoisotopic (exact) mass is 781 g/mol. The van der Waals surface area contributed by atoms with Crippen LogP contribution in [0.1, 0.15) is 232 Å². The molecular weight excluding hydrogens is 702 g/mol. The van der Waals surface area contributed by atoms with Gasteiger partial charge >= 0.3 is 71.1 Å². The summed E-state index contributed by atoms with van der Waals surface area (Å²) in [7, 11) is 0. The Morgan fingerprint density at radius 1 is 0.370 bits per heavy atom. The first-order valence-corrected chi connectivity index (χ1v) is 21.4. The molecule has 54 heavy (non-hydrogen) atoms. The maximum absolute atomic E-state index is 11.1. The number of carboxylic acid groups (broad SMARTS) is 2. The third-order valence-corrected chi connectivity index (χ3v) is 9.11. The Kier molecular flexibility index (Phi) is 58.2. The average Bonchev–Trinajstić information content (AvgIpc) is 3.12. The molecule has 0 fully saturated rings. The second-order valence-electron chi connectivity index (χ2n) is 14.2. The van der Waals surface area contributed by atoms with E-state index in [1.165, 1.54) is 179 Å². The van der Waals surface area contributed by atoms with Crippen molar-refractivity contribution in [2.75, 3.05) is 0 Å². The van der Waals surface area contributed by atoms with Crippen molar-refractivity contribution in [2.24, 2.45) is 0 Å². The van der Waals surface area contributed by atoms with Crippen molar-refractivity contribution in [1.82, 2.24) is 0 Å². The number of unbranched alkanes of at least 4 members (excludes halogenated alkanes) is 28. The van der Waals surface area contributed by atoms with E-state index in [-0.39, 0.29) is 84.8 Å². The Balaban J connectivity index is -0.000000446. The molecule has 8 nitrogen and oxygen atoms in total. The Morgan fingerprint density at radius 3 is 0.815 bits per heavy atom. The molecule has 0 saturated carbocycles. The van der Waals surface area contributed by atoms with Crippen molar-refractivity contribution in [1.29, 1.82) is 0 Å². The normalized spacial score (nSPS) is 10.7. The van der Waals surface area contributed by atoms with Crippen molar-refractivity contribution >= 4 is 23.9 Å². The minimum Gasteiger partial charge on any atom is -0.550 e. The van der Waals surface area contributed by atoms with Crippen LogP contribution in [0.15, 0.2) is 24.7 Å². The van der Waals surface area contributed by atoms with Crippen LogP contribution < -0.4 is 69.3 Å². The molecule has 0 unspecified atom stereocenters. The quantitative estimate of drug-likeness (QED) is 0.0375. The molecule has 0 aromatic carbocycles. The molecule has 0 aromatic rings. The van der Waals surface area contributed by atoms with Crippen LogP contribution in [0.25, 0.3) is 0 Å². The maximum Gasteiger partial charge on any atom is 1.00 e. The van der Waals surface area contributed by atoms with Crippen molar-refractivity contribution < 1.29 is 98.0 Å². The van der Waals surface area contributed by atoms with Gasteiger partial charge in [0, 0.05) is 11.9 Å². The summed E-state index contributed by atoms with van der Waals surface area (Å²) >= 11 is 0. The van der Waals surface area contributed by atoms with E-state index in [2.05, 4.69) is 13.8 Å². The van der Waals surface area contributed by atoms with Gasteiger partial charge in [-0.1, -0.05) is 181 Å². The molecule has 10 heteroatoms. The van der Waals surface area contributed by atoms with Crippen LogP contribution in [0.5, 0.6) is 0 Å². The van der Waals surface area contributed by atoms with Gasteiger partial charge in [-0.3, -0.25) is 9.59 Å². The Hall–Kier alpha value is -0.640. The molecular formula is C44H78Na2O8. The van der Waals surface area contributed by atoms with Gasteiger partial charge < -0.3 is 29.3 Å². The topological polar surface area (TPSA) is 133 Å². The van der Waals surface area contributed by atoms with E-state index in [0.717, 1.165) is 25.7 Å². The maximum atomic E-state index is 11.1. The smallest absolute Gasteiger partial charge is 0.550 e. The van der Waals surface area contributed by atoms with Gasteiger partial charge in [0.15, 0.2) is 0 Å². The summed E-state index contributed by atoms with van der Waals surface area (Å²) in [6.45, 7) is 4.53. The summed E-state index contributed by atoms with van der Waals surface area (Å²) in [4.78, 5) is 42.7. The number of ether oxygens (including phenoxy) is 2. The van der Waals surface area contributed by atoms with Crippen molar-refractivity contribution in [3.8, 4) is 0 Å². The van der Waals surface area contributed by atoms with Gasteiger partial charge in [0.05, 0.1) is 25.4 Å². The first-order valence-electron chi connectivity index (χ1n) is 21.4. The van der Waals surface area contributed by atoms with Crippen LogP contribution in [0.2, 0.25) is 0 Å². The van der Waals surface area contributed by atoms with Crippen LogP contribution in [0.3, 0.4) is 0 Å². The second-order valence-corrected chi connectivity index (χ2v) is 14.2. The van der Waals surface area contributed by atoms with Crippen LogP contribution >= 0.6 is 0 Å². The molecule has 0 amide bonds. The third kappa shape index (κ3) is 58.1. The van der Waals surface area contributed by atoms with Gasteiger partial charge in [-0.15, -0.1) is 0 Å². The molecule has 0 aliphatic heterocycles. The predicted octanol–water partition coefficient (Wildman–Crippen LogP) is 4.90. The number of esters is 2. The molecule has 0 aliphatic rings. The largest absolute Gasteiger partial charge is 1.00 e. The van der Waals surface area contributed by atoms with Crippen LogP contribution in [0.4, 0.5) is 0 Å². The van der Waals surface area contributed by atoms with E-state index in [4.69, 9.17) is 9.47 Å². The number of hydrogen-bond donors (Lipinski definition) is 0. The first-order chi connectivity index (χ1) is 25.3. The van der Waals surface area contributed by atoms with Crippen molar-refractivity contribution in [2.45, 2.75) is 232 Å². The van der Waals surface area contributed by atoms with E-state index >= 15 is 0 Å². The first kappa shape index (κ1) is 60.0. The molecule has 0 N–H and O–H groups in total. The fourth-order valence-corrected chi connectivity index (χ4v) is 5.82. The summed E-state index contributed by atoms with van der Waals surface area (Å²) < 4.78 is 9.60. The van der Waals surface area contributed by atoms with Gasteiger partial charge in [-0.25, -0.2) is 0 Å². The zero-order valence-corrected chi connectivity index (χ0v) is 39.6. The number of carbonyl (C=O) groups excluding carboxylic acids is 4. The van der Waals surface area contributed by atoms with E-state index in [9.17, 15) is 29.4 Å². The summed E-state index contributed by atoms with van der Waals surface area (Å²) in [5.41, 5.74) is 0. The molecule has 0 spiro atoms. The number of carboxylic acids is 2. The van der Waals surface area contributed by atoms with E-state index in [0.29, 0.717) is 0 Å². The number of aliphatic carboxylic acids is 2. The molecule has 0 bridgehead atoms. The summed E-state index contributed by atoms with van der Waals surface area (Å²) in [6.07, 6.45) is 45.0. The molecule has 0 aliphatic carbocycles. The van der Waals surface area contributed by atoms with E-state index in [1.54, 1.807) is 0 Å². The minimum absolute atomic E-state index is 0. The number of allylic oxidation sites excluding steroid dienone is 2. The molecule has 0 atom stereocenters. The average molecular weight is 781 g/mol. The van der Waals surface area contributed by atoms with Gasteiger partial charge in [0.1, 0.15) is 0 Å². The predicted molar refractivity (Wildman–Crippen MR) is 209 cm³/mol. The molecule has 0 radical (unpaired) electrons. The zero-order chi connectivity index (χ0) is 38.6. The molecule has 0 aromatic heterocycles. The van der Waals surface area contributed by atoms with E-state index < -0.39 is 23.9 Å². The molecule has 0 rings (SSSR count). The fraction of sp³-hybridized carbons (Fsp3) is 0.818. The Labute approximate surface area is 375 Å².